The van der Waals surface area contributed by atoms with Crippen molar-refractivity contribution in [2.24, 2.45) is 10.8 Å². The largest absolute Gasteiger partial charge is 0.345 e. The van der Waals surface area contributed by atoms with Gasteiger partial charge in [0.2, 0.25) is 0 Å². The van der Waals surface area contributed by atoms with Crippen LogP contribution in [0.25, 0.3) is 0 Å². The van der Waals surface area contributed by atoms with Gasteiger partial charge in [-0.2, -0.15) is 0 Å². The molecule has 1 aliphatic heterocycles. The Morgan fingerprint density at radius 1 is 0.600 bits per heavy atom. The summed E-state index contributed by atoms with van der Waals surface area (Å²) < 4.78 is 26.1. The third-order valence-electron chi connectivity index (χ3n) is 5.27. The molecule has 0 atom stereocenters. The predicted octanol–water partition coefficient (Wildman–Crippen LogP) is 5.37. The zero-order chi connectivity index (χ0) is 27.1. The molecule has 1 heterocycles. The Hall–Kier alpha value is -0.0100. The molecule has 0 bridgehead atoms. The van der Waals surface area contributed by atoms with Gasteiger partial charge in [-0.1, -0.05) is 41.5 Å². The molecule has 0 aromatic heterocycles. The quantitative estimate of drug-likeness (QED) is 0.475. The summed E-state index contributed by atoms with van der Waals surface area (Å²) in [5, 5.41) is 3.61. The van der Waals surface area contributed by atoms with Gasteiger partial charge in [-0.05, 0) is 52.4 Å². The summed E-state index contributed by atoms with van der Waals surface area (Å²) in [6.45, 7) is 35.2. The van der Waals surface area contributed by atoms with Crippen LogP contribution in [0.5, 0.6) is 0 Å². The first-order chi connectivity index (χ1) is 15.6. The number of hydrogen-bond donors (Lipinski definition) is 1. The van der Waals surface area contributed by atoms with Crippen molar-refractivity contribution in [3.05, 3.63) is 0 Å². The first-order valence-corrected chi connectivity index (χ1v) is 15.3. The molecule has 0 unspecified atom stereocenters. The highest BCUT2D eigenvalue weighted by Gasteiger charge is 2.37. The van der Waals surface area contributed by atoms with Gasteiger partial charge in [0.25, 0.3) is 0 Å². The van der Waals surface area contributed by atoms with Crippen LogP contribution in [0.15, 0.2) is 0 Å². The number of nitrogens with one attached hydrogen (secondary N) is 1. The molecular formula is C27H59N4O3P. The van der Waals surface area contributed by atoms with Crippen LogP contribution in [0, 0.1) is 10.8 Å². The summed E-state index contributed by atoms with van der Waals surface area (Å²) in [7, 11) is -3.33. The molecule has 35 heavy (non-hydrogen) atoms. The Labute approximate surface area is 218 Å². The molecule has 1 saturated heterocycles. The summed E-state index contributed by atoms with van der Waals surface area (Å²) in [5.41, 5.74) is -0.580. The van der Waals surface area contributed by atoms with Gasteiger partial charge in [0.05, 0.1) is 11.2 Å². The smallest absolute Gasteiger partial charge is 0.314 e. The fraction of sp³-hybridized carbons (Fsp3) is 1.00. The van der Waals surface area contributed by atoms with E-state index in [1.165, 1.54) is 0 Å². The highest BCUT2D eigenvalue weighted by Crippen LogP contribution is 2.54. The van der Waals surface area contributed by atoms with Crippen LogP contribution in [0.3, 0.4) is 0 Å². The van der Waals surface area contributed by atoms with Crippen molar-refractivity contribution in [2.45, 2.75) is 94.3 Å². The van der Waals surface area contributed by atoms with Gasteiger partial charge < -0.3 is 24.2 Å². The van der Waals surface area contributed by atoms with E-state index in [-0.39, 0.29) is 10.8 Å². The number of rotatable bonds is 6. The minimum Gasteiger partial charge on any atom is -0.314 e. The van der Waals surface area contributed by atoms with Gasteiger partial charge in [0.1, 0.15) is 6.29 Å². The van der Waals surface area contributed by atoms with Crippen molar-refractivity contribution in [3.63, 3.8) is 0 Å². The Balaban J connectivity index is 3.04. The van der Waals surface area contributed by atoms with Gasteiger partial charge >= 0.3 is 7.60 Å². The van der Waals surface area contributed by atoms with Crippen molar-refractivity contribution < 1.29 is 13.6 Å². The average molecular weight is 519 g/mol. The molecule has 1 fully saturated rings. The minimum atomic E-state index is -3.33. The first kappa shape index (κ1) is 33.0. The zero-order valence-electron chi connectivity index (χ0n) is 25.3. The summed E-state index contributed by atoms with van der Waals surface area (Å²) in [6.07, 6.45) is 0.308. The SMILES string of the molecule is CC(C)(C)CN1CCNCCN(CP(=O)(OC(C)(C)C)OC(C)(C)C)CCN(CC(C)(C)C)CC1. The molecule has 1 N–H and O–H groups in total. The maximum Gasteiger partial charge on any atom is 0.345 e. The normalized spacial score (nSPS) is 20.5. The molecule has 8 heteroatoms. The highest BCUT2D eigenvalue weighted by atomic mass is 31.2. The maximum atomic E-state index is 13.9. The van der Waals surface area contributed by atoms with E-state index in [1.807, 2.05) is 41.5 Å². The Morgan fingerprint density at radius 3 is 1.31 bits per heavy atom. The van der Waals surface area contributed by atoms with E-state index in [2.05, 4.69) is 61.6 Å². The molecule has 0 aromatic rings. The number of hydrogen-bond acceptors (Lipinski definition) is 7. The van der Waals surface area contributed by atoms with Crippen LogP contribution in [-0.2, 0) is 13.6 Å². The average Bonchev–Trinajstić information content (AvgIpc) is 2.55. The van der Waals surface area contributed by atoms with E-state index >= 15 is 0 Å². The summed E-state index contributed by atoms with van der Waals surface area (Å²) in [5.74, 6) is 0. The lowest BCUT2D eigenvalue weighted by molar-refractivity contribution is 0.0421. The maximum absolute atomic E-state index is 13.9. The second-order valence-corrected chi connectivity index (χ2v) is 16.6. The van der Waals surface area contributed by atoms with Gasteiger partial charge in [0, 0.05) is 65.4 Å². The second kappa shape index (κ2) is 13.2. The van der Waals surface area contributed by atoms with Crippen LogP contribution in [0.4, 0.5) is 0 Å². The molecule has 1 aliphatic rings. The van der Waals surface area contributed by atoms with Crippen molar-refractivity contribution in [1.29, 1.82) is 0 Å². The summed E-state index contributed by atoms with van der Waals surface area (Å²) in [4.78, 5) is 7.46. The molecular weight excluding hydrogens is 459 g/mol. The van der Waals surface area contributed by atoms with E-state index < -0.39 is 18.8 Å². The monoisotopic (exact) mass is 518 g/mol. The van der Waals surface area contributed by atoms with E-state index in [0.717, 1.165) is 65.4 Å². The minimum absolute atomic E-state index is 0.221. The van der Waals surface area contributed by atoms with Crippen LogP contribution in [0.2, 0.25) is 0 Å². The first-order valence-electron chi connectivity index (χ1n) is 13.5. The molecule has 0 radical (unpaired) electrons. The fourth-order valence-electron chi connectivity index (χ4n) is 4.46. The summed E-state index contributed by atoms with van der Waals surface area (Å²) in [6, 6.07) is 0. The standard InChI is InChI=1S/C27H59N4O3P/c1-24(2,3)21-29-15-13-28-14-16-31(20-19-30(18-17-29)22-25(4,5)6)23-35(32,33-26(7,8)9)34-27(10,11)12/h28H,13-23H2,1-12H3. The van der Waals surface area contributed by atoms with Gasteiger partial charge in [0.15, 0.2) is 0 Å². The van der Waals surface area contributed by atoms with Gasteiger partial charge in [-0.3, -0.25) is 9.46 Å². The molecule has 0 saturated carbocycles. The van der Waals surface area contributed by atoms with Gasteiger partial charge in [-0.25, -0.2) is 0 Å². The topological polar surface area (TPSA) is 57.3 Å². The van der Waals surface area contributed by atoms with Crippen LogP contribution in [-0.4, -0.2) is 97.6 Å². The van der Waals surface area contributed by atoms with E-state index in [1.54, 1.807) is 0 Å². The van der Waals surface area contributed by atoms with Crippen LogP contribution >= 0.6 is 7.60 Å². The van der Waals surface area contributed by atoms with E-state index in [0.29, 0.717) is 6.29 Å². The van der Waals surface area contributed by atoms with Gasteiger partial charge in [-0.15, -0.1) is 0 Å². The molecule has 1 rings (SSSR count). The molecule has 0 spiro atoms. The molecule has 7 nitrogen and oxygen atoms in total. The molecule has 0 amide bonds. The van der Waals surface area contributed by atoms with E-state index in [9.17, 15) is 4.57 Å². The van der Waals surface area contributed by atoms with Crippen molar-refractivity contribution >= 4 is 7.60 Å². The zero-order valence-corrected chi connectivity index (χ0v) is 26.2. The highest BCUT2D eigenvalue weighted by molar-refractivity contribution is 7.53. The summed E-state index contributed by atoms with van der Waals surface area (Å²) >= 11 is 0. The third-order valence-corrected chi connectivity index (χ3v) is 7.67. The Morgan fingerprint density at radius 2 is 0.943 bits per heavy atom. The lowest BCUT2D eigenvalue weighted by atomic mass is 9.95. The Bertz CT molecular complexity index is 639. The lowest BCUT2D eigenvalue weighted by Gasteiger charge is -2.38. The van der Waals surface area contributed by atoms with Crippen molar-refractivity contribution in [3.8, 4) is 0 Å². The second-order valence-electron chi connectivity index (χ2n) is 14.7. The van der Waals surface area contributed by atoms with Crippen molar-refractivity contribution in [2.75, 3.05) is 71.7 Å². The molecule has 0 aliphatic carbocycles. The van der Waals surface area contributed by atoms with E-state index in [4.69, 9.17) is 9.05 Å². The Kier molecular flexibility index (Phi) is 12.4. The van der Waals surface area contributed by atoms with Crippen LogP contribution < -0.4 is 5.32 Å². The number of nitrogens with zero attached hydrogens (tertiary/aromatic N) is 3. The molecule has 210 valence electrons. The lowest BCUT2D eigenvalue weighted by Crippen LogP contribution is -2.48. The fourth-order valence-corrected chi connectivity index (χ4v) is 7.05. The van der Waals surface area contributed by atoms with Crippen molar-refractivity contribution in [1.82, 2.24) is 20.0 Å². The van der Waals surface area contributed by atoms with Crippen LogP contribution in [0.1, 0.15) is 83.1 Å². The third kappa shape index (κ3) is 17.2. The predicted molar refractivity (Wildman–Crippen MR) is 150 cm³/mol. The molecule has 0 aromatic carbocycles.